The van der Waals surface area contributed by atoms with Crippen LogP contribution in [0.1, 0.15) is 42.3 Å². The predicted molar refractivity (Wildman–Crippen MR) is 105 cm³/mol. The summed E-state index contributed by atoms with van der Waals surface area (Å²) in [4.78, 5) is 13.0. The zero-order valence-corrected chi connectivity index (χ0v) is 15.5. The first-order chi connectivity index (χ1) is 11.9. The summed E-state index contributed by atoms with van der Waals surface area (Å²) < 4.78 is 0. The van der Waals surface area contributed by atoms with Crippen molar-refractivity contribution in [3.63, 3.8) is 0 Å². The van der Waals surface area contributed by atoms with Gasteiger partial charge >= 0.3 is 0 Å². The van der Waals surface area contributed by atoms with Gasteiger partial charge in [0.1, 0.15) is 0 Å². The lowest BCUT2D eigenvalue weighted by Gasteiger charge is -2.19. The fourth-order valence-corrected chi connectivity index (χ4v) is 2.97. The van der Waals surface area contributed by atoms with Crippen molar-refractivity contribution < 1.29 is 4.79 Å². The molecule has 0 fully saturated rings. The minimum absolute atomic E-state index is 0.0333. The van der Waals surface area contributed by atoms with Gasteiger partial charge in [0.15, 0.2) is 5.78 Å². The van der Waals surface area contributed by atoms with E-state index in [-0.39, 0.29) is 11.2 Å². The van der Waals surface area contributed by atoms with Gasteiger partial charge in [-0.3, -0.25) is 4.79 Å². The largest absolute Gasteiger partial charge is 0.289 e. The van der Waals surface area contributed by atoms with Crippen LogP contribution in [-0.2, 0) is 5.41 Å². The number of carbonyl (C=O) groups excluding carboxylic acids is 1. The van der Waals surface area contributed by atoms with Crippen LogP contribution in [0.15, 0.2) is 72.8 Å². The summed E-state index contributed by atoms with van der Waals surface area (Å²) in [7, 11) is 0. The molecule has 0 heterocycles. The quantitative estimate of drug-likeness (QED) is 0.491. The van der Waals surface area contributed by atoms with Gasteiger partial charge < -0.3 is 0 Å². The number of halogens is 1. The van der Waals surface area contributed by atoms with E-state index in [1.165, 1.54) is 5.56 Å². The minimum atomic E-state index is 0.0333. The maximum absolute atomic E-state index is 13.0. The van der Waals surface area contributed by atoms with Crippen molar-refractivity contribution in [2.24, 2.45) is 0 Å². The van der Waals surface area contributed by atoms with Gasteiger partial charge in [-0.05, 0) is 34.2 Å². The molecular weight excluding hydrogens is 328 g/mol. The summed E-state index contributed by atoms with van der Waals surface area (Å²) in [5.41, 5.74) is 4.60. The fraction of sp³-hybridized carbons (Fsp3) is 0.174. The Bertz CT molecular complexity index is 885. The molecule has 0 bridgehead atoms. The van der Waals surface area contributed by atoms with Gasteiger partial charge in [0, 0.05) is 16.1 Å². The third kappa shape index (κ3) is 3.83. The molecule has 25 heavy (non-hydrogen) atoms. The molecule has 1 nitrogen and oxygen atoms in total. The normalized spacial score (nSPS) is 11.4. The molecule has 0 saturated carbocycles. The zero-order chi connectivity index (χ0) is 18.0. The van der Waals surface area contributed by atoms with E-state index < -0.39 is 0 Å². The maximum Gasteiger partial charge on any atom is 0.193 e. The monoisotopic (exact) mass is 348 g/mol. The molecule has 0 aliphatic rings. The highest BCUT2D eigenvalue weighted by atomic mass is 35.5. The van der Waals surface area contributed by atoms with Gasteiger partial charge in [0.05, 0.1) is 0 Å². The van der Waals surface area contributed by atoms with Gasteiger partial charge in [-0.1, -0.05) is 93.0 Å². The molecule has 0 aromatic heterocycles. The van der Waals surface area contributed by atoms with Crippen LogP contribution < -0.4 is 0 Å². The second-order valence-electron chi connectivity index (χ2n) is 7.21. The van der Waals surface area contributed by atoms with Crippen LogP contribution in [0.5, 0.6) is 0 Å². The molecule has 0 saturated heterocycles. The third-order valence-electron chi connectivity index (χ3n) is 4.34. The van der Waals surface area contributed by atoms with Crippen LogP contribution >= 0.6 is 11.6 Å². The lowest BCUT2D eigenvalue weighted by atomic mass is 9.86. The fourth-order valence-electron chi connectivity index (χ4n) is 2.84. The molecule has 3 aromatic rings. The molecule has 0 radical (unpaired) electrons. The van der Waals surface area contributed by atoms with Crippen LogP contribution in [-0.4, -0.2) is 5.78 Å². The van der Waals surface area contributed by atoms with Crippen molar-refractivity contribution in [1.29, 1.82) is 0 Å². The first-order valence-electron chi connectivity index (χ1n) is 8.36. The van der Waals surface area contributed by atoms with Crippen LogP contribution in [0.2, 0.25) is 5.02 Å². The Hall–Kier alpha value is -2.38. The van der Waals surface area contributed by atoms with E-state index in [1.807, 2.05) is 72.8 Å². The highest BCUT2D eigenvalue weighted by molar-refractivity contribution is 6.30. The predicted octanol–water partition coefficient (Wildman–Crippen LogP) is 6.54. The third-order valence-corrected chi connectivity index (χ3v) is 4.59. The molecule has 126 valence electrons. The molecular formula is C23H21ClO. The van der Waals surface area contributed by atoms with E-state index in [9.17, 15) is 4.79 Å². The Kier molecular flexibility index (Phi) is 4.78. The molecule has 2 heteroatoms. The molecule has 3 rings (SSSR count). The Morgan fingerprint density at radius 1 is 0.800 bits per heavy atom. The SMILES string of the molecule is CC(C)(C)c1ccc(C(=O)c2ccccc2-c2ccc(Cl)cc2)cc1. The summed E-state index contributed by atoms with van der Waals surface area (Å²) in [6, 6.07) is 23.2. The first-order valence-corrected chi connectivity index (χ1v) is 8.74. The second-order valence-corrected chi connectivity index (χ2v) is 7.65. The Labute approximate surface area is 154 Å². The van der Waals surface area contributed by atoms with E-state index in [1.54, 1.807) is 0 Å². The number of hydrogen-bond donors (Lipinski definition) is 0. The molecule has 0 atom stereocenters. The highest BCUT2D eigenvalue weighted by Crippen LogP contribution is 2.28. The van der Waals surface area contributed by atoms with E-state index in [0.717, 1.165) is 11.1 Å². The highest BCUT2D eigenvalue weighted by Gasteiger charge is 2.17. The Balaban J connectivity index is 1.99. The Morgan fingerprint density at radius 2 is 1.40 bits per heavy atom. The van der Waals surface area contributed by atoms with Crippen molar-refractivity contribution in [2.45, 2.75) is 26.2 Å². The van der Waals surface area contributed by atoms with Gasteiger partial charge in [0.2, 0.25) is 0 Å². The average molecular weight is 349 g/mol. The molecule has 3 aromatic carbocycles. The lowest BCUT2D eigenvalue weighted by molar-refractivity contribution is 0.103. The summed E-state index contributed by atoms with van der Waals surface area (Å²) in [6.45, 7) is 6.50. The van der Waals surface area contributed by atoms with Crippen molar-refractivity contribution in [3.8, 4) is 11.1 Å². The van der Waals surface area contributed by atoms with Gasteiger partial charge in [-0.25, -0.2) is 0 Å². The topological polar surface area (TPSA) is 17.1 Å². The molecule has 0 aliphatic heterocycles. The van der Waals surface area contributed by atoms with Crippen molar-refractivity contribution in [1.82, 2.24) is 0 Å². The Morgan fingerprint density at radius 3 is 2.00 bits per heavy atom. The number of benzene rings is 3. The number of hydrogen-bond acceptors (Lipinski definition) is 1. The summed E-state index contributed by atoms with van der Waals surface area (Å²) in [5.74, 6) is 0.0333. The van der Waals surface area contributed by atoms with E-state index in [0.29, 0.717) is 16.1 Å². The molecule has 0 spiro atoms. The summed E-state index contributed by atoms with van der Waals surface area (Å²) in [6.07, 6.45) is 0. The van der Waals surface area contributed by atoms with Gasteiger partial charge in [-0.2, -0.15) is 0 Å². The van der Waals surface area contributed by atoms with Gasteiger partial charge in [-0.15, -0.1) is 0 Å². The van der Waals surface area contributed by atoms with Crippen molar-refractivity contribution >= 4 is 17.4 Å². The van der Waals surface area contributed by atoms with E-state index in [4.69, 9.17) is 11.6 Å². The number of carbonyl (C=O) groups is 1. The van der Waals surface area contributed by atoms with Crippen LogP contribution in [0.4, 0.5) is 0 Å². The smallest absolute Gasteiger partial charge is 0.193 e. The average Bonchev–Trinajstić information content (AvgIpc) is 2.61. The molecule has 0 unspecified atom stereocenters. The van der Waals surface area contributed by atoms with Crippen LogP contribution in [0.3, 0.4) is 0 Å². The summed E-state index contributed by atoms with van der Waals surface area (Å²) in [5, 5.41) is 0.685. The van der Waals surface area contributed by atoms with Gasteiger partial charge in [0.25, 0.3) is 0 Å². The van der Waals surface area contributed by atoms with Crippen LogP contribution in [0, 0.1) is 0 Å². The van der Waals surface area contributed by atoms with Crippen LogP contribution in [0.25, 0.3) is 11.1 Å². The first kappa shape index (κ1) is 17.4. The molecule has 0 amide bonds. The number of ketones is 1. The lowest BCUT2D eigenvalue weighted by Crippen LogP contribution is -2.11. The zero-order valence-electron chi connectivity index (χ0n) is 14.7. The van der Waals surface area contributed by atoms with E-state index >= 15 is 0 Å². The number of rotatable bonds is 3. The molecule has 0 aliphatic carbocycles. The molecule has 0 N–H and O–H groups in total. The second kappa shape index (κ2) is 6.85. The standard InChI is InChI=1S/C23H21ClO/c1-23(2,3)18-12-8-17(9-13-18)22(25)21-7-5-4-6-20(21)16-10-14-19(24)15-11-16/h4-15H,1-3H3. The minimum Gasteiger partial charge on any atom is -0.289 e. The van der Waals surface area contributed by atoms with Crippen molar-refractivity contribution in [3.05, 3.63) is 94.5 Å². The summed E-state index contributed by atoms with van der Waals surface area (Å²) >= 11 is 5.98. The van der Waals surface area contributed by atoms with E-state index in [2.05, 4.69) is 20.8 Å². The van der Waals surface area contributed by atoms with Crippen molar-refractivity contribution in [2.75, 3.05) is 0 Å². The maximum atomic E-state index is 13.0.